The Morgan fingerprint density at radius 1 is 1.67 bits per heavy atom. The normalized spacial score (nSPS) is 10.0. The lowest BCUT2D eigenvalue weighted by Gasteiger charge is -2.06. The van der Waals surface area contributed by atoms with Gasteiger partial charge in [-0.15, -0.1) is 0 Å². The molecule has 15 heavy (non-hydrogen) atoms. The minimum Gasteiger partial charge on any atom is -0.481 e. The second-order valence-electron chi connectivity index (χ2n) is 3.04. The largest absolute Gasteiger partial charge is 0.481 e. The molecule has 1 aromatic heterocycles. The molecule has 1 rings (SSSR count). The summed E-state index contributed by atoms with van der Waals surface area (Å²) in [6.45, 7) is 2.39. The Bertz CT molecular complexity index is 357. The number of rotatable bonds is 5. The van der Waals surface area contributed by atoms with Crippen LogP contribution in [0, 0.1) is 6.92 Å². The third-order valence-corrected chi connectivity index (χ3v) is 2.30. The molecule has 0 spiro atoms. The van der Waals surface area contributed by atoms with Crippen LogP contribution in [0.5, 0.6) is 0 Å². The third kappa shape index (κ3) is 4.24. The molecule has 0 bridgehead atoms. The highest BCUT2D eigenvalue weighted by Gasteiger charge is 2.02. The average Bonchev–Trinajstić information content (AvgIpc) is 2.17. The van der Waals surface area contributed by atoms with Crippen molar-refractivity contribution in [3.8, 4) is 0 Å². The Balaban J connectivity index is 2.43. The summed E-state index contributed by atoms with van der Waals surface area (Å²) in [5, 5.41) is 11.5. The Morgan fingerprint density at radius 3 is 3.07 bits per heavy atom. The molecule has 0 fully saturated rings. The van der Waals surface area contributed by atoms with E-state index in [1.165, 1.54) is 0 Å². The fourth-order valence-electron chi connectivity index (χ4n) is 1.03. The molecule has 82 valence electrons. The summed E-state index contributed by atoms with van der Waals surface area (Å²) in [5.41, 5.74) is 0. The zero-order valence-electron chi connectivity index (χ0n) is 8.33. The van der Waals surface area contributed by atoms with E-state index in [0.717, 1.165) is 4.47 Å². The zero-order chi connectivity index (χ0) is 11.3. The Kier molecular flexibility index (Phi) is 4.48. The summed E-state index contributed by atoms with van der Waals surface area (Å²) in [7, 11) is 0. The second kappa shape index (κ2) is 5.65. The molecule has 0 radical (unpaired) electrons. The van der Waals surface area contributed by atoms with Gasteiger partial charge in [-0.3, -0.25) is 4.79 Å². The van der Waals surface area contributed by atoms with Crippen molar-refractivity contribution >= 4 is 27.7 Å². The first-order chi connectivity index (χ1) is 7.09. The number of aliphatic carboxylic acids is 1. The van der Waals surface area contributed by atoms with E-state index in [-0.39, 0.29) is 6.42 Å². The van der Waals surface area contributed by atoms with E-state index in [4.69, 9.17) is 5.11 Å². The van der Waals surface area contributed by atoms with Crippen molar-refractivity contribution in [1.82, 2.24) is 9.97 Å². The first kappa shape index (κ1) is 11.9. The standard InChI is InChI=1S/C9H12BrN3O2/c1-6-12-5-7(10)9(13-6)11-4-2-3-8(14)15/h5H,2-4H2,1H3,(H,14,15)(H,11,12,13). The quantitative estimate of drug-likeness (QED) is 0.801. The predicted octanol–water partition coefficient (Wildman–Crippen LogP) is 1.82. The number of aryl methyl sites for hydroxylation is 1. The fourth-order valence-corrected chi connectivity index (χ4v) is 1.36. The molecule has 0 aliphatic rings. The van der Waals surface area contributed by atoms with Gasteiger partial charge < -0.3 is 10.4 Å². The van der Waals surface area contributed by atoms with Crippen LogP contribution >= 0.6 is 15.9 Å². The van der Waals surface area contributed by atoms with Gasteiger partial charge in [-0.25, -0.2) is 9.97 Å². The number of halogens is 1. The summed E-state index contributed by atoms with van der Waals surface area (Å²) < 4.78 is 0.781. The van der Waals surface area contributed by atoms with Gasteiger partial charge in [0.25, 0.3) is 0 Å². The van der Waals surface area contributed by atoms with Crippen molar-refractivity contribution < 1.29 is 9.90 Å². The maximum atomic E-state index is 10.3. The molecule has 2 N–H and O–H groups in total. The number of carboxylic acids is 1. The number of anilines is 1. The Morgan fingerprint density at radius 2 is 2.40 bits per heavy atom. The van der Waals surface area contributed by atoms with Gasteiger partial charge in [0.15, 0.2) is 0 Å². The van der Waals surface area contributed by atoms with E-state index in [2.05, 4.69) is 31.2 Å². The molecular formula is C9H12BrN3O2. The molecule has 6 heteroatoms. The van der Waals surface area contributed by atoms with Crippen LogP contribution in [0.1, 0.15) is 18.7 Å². The highest BCUT2D eigenvalue weighted by molar-refractivity contribution is 9.10. The SMILES string of the molecule is Cc1ncc(Br)c(NCCCC(=O)O)n1. The number of hydrogen-bond acceptors (Lipinski definition) is 4. The molecular weight excluding hydrogens is 262 g/mol. The number of aromatic nitrogens is 2. The van der Waals surface area contributed by atoms with Crippen LogP contribution in [0.3, 0.4) is 0 Å². The lowest BCUT2D eigenvalue weighted by molar-refractivity contribution is -0.137. The number of nitrogens with one attached hydrogen (secondary N) is 1. The maximum Gasteiger partial charge on any atom is 0.303 e. The van der Waals surface area contributed by atoms with Crippen molar-refractivity contribution in [2.24, 2.45) is 0 Å². The van der Waals surface area contributed by atoms with Crippen molar-refractivity contribution in [1.29, 1.82) is 0 Å². The van der Waals surface area contributed by atoms with Gasteiger partial charge in [-0.1, -0.05) is 0 Å². The summed E-state index contributed by atoms with van der Waals surface area (Å²) >= 11 is 3.31. The second-order valence-corrected chi connectivity index (χ2v) is 3.89. The molecule has 1 aromatic rings. The van der Waals surface area contributed by atoms with Crippen LogP contribution in [-0.2, 0) is 4.79 Å². The van der Waals surface area contributed by atoms with E-state index < -0.39 is 5.97 Å². The Labute approximate surface area is 96.1 Å². The summed E-state index contributed by atoms with van der Waals surface area (Å²) in [6.07, 6.45) is 2.40. The Hall–Kier alpha value is -1.17. The minimum absolute atomic E-state index is 0.161. The zero-order valence-corrected chi connectivity index (χ0v) is 9.91. The maximum absolute atomic E-state index is 10.3. The molecule has 0 amide bonds. The van der Waals surface area contributed by atoms with Crippen LogP contribution < -0.4 is 5.32 Å². The van der Waals surface area contributed by atoms with Gasteiger partial charge in [-0.05, 0) is 29.3 Å². The molecule has 0 aliphatic heterocycles. The van der Waals surface area contributed by atoms with E-state index in [1.807, 2.05) is 0 Å². The molecule has 0 unspecified atom stereocenters. The van der Waals surface area contributed by atoms with E-state index in [9.17, 15) is 4.79 Å². The number of carboxylic acid groups (broad SMARTS) is 1. The van der Waals surface area contributed by atoms with Crippen LogP contribution in [-0.4, -0.2) is 27.6 Å². The average molecular weight is 274 g/mol. The van der Waals surface area contributed by atoms with Gasteiger partial charge >= 0.3 is 5.97 Å². The van der Waals surface area contributed by atoms with E-state index in [1.54, 1.807) is 13.1 Å². The number of nitrogens with zero attached hydrogens (tertiary/aromatic N) is 2. The van der Waals surface area contributed by atoms with Crippen LogP contribution in [0.2, 0.25) is 0 Å². The van der Waals surface area contributed by atoms with E-state index in [0.29, 0.717) is 24.6 Å². The van der Waals surface area contributed by atoms with Gasteiger partial charge in [0.1, 0.15) is 11.6 Å². The van der Waals surface area contributed by atoms with Crippen molar-refractivity contribution in [2.75, 3.05) is 11.9 Å². The van der Waals surface area contributed by atoms with Crippen LogP contribution in [0.4, 0.5) is 5.82 Å². The molecule has 0 aromatic carbocycles. The molecule has 0 saturated heterocycles. The fraction of sp³-hybridized carbons (Fsp3) is 0.444. The lowest BCUT2D eigenvalue weighted by Crippen LogP contribution is -2.07. The van der Waals surface area contributed by atoms with Gasteiger partial charge in [-0.2, -0.15) is 0 Å². The van der Waals surface area contributed by atoms with Crippen molar-refractivity contribution in [3.05, 3.63) is 16.5 Å². The van der Waals surface area contributed by atoms with E-state index >= 15 is 0 Å². The van der Waals surface area contributed by atoms with Gasteiger partial charge in [0.05, 0.1) is 4.47 Å². The highest BCUT2D eigenvalue weighted by Crippen LogP contribution is 2.18. The number of hydrogen-bond donors (Lipinski definition) is 2. The third-order valence-electron chi connectivity index (χ3n) is 1.72. The summed E-state index contributed by atoms with van der Waals surface area (Å²) in [4.78, 5) is 18.4. The monoisotopic (exact) mass is 273 g/mol. The molecule has 1 heterocycles. The smallest absolute Gasteiger partial charge is 0.303 e. The van der Waals surface area contributed by atoms with Crippen molar-refractivity contribution in [2.45, 2.75) is 19.8 Å². The summed E-state index contributed by atoms with van der Waals surface area (Å²) in [6, 6.07) is 0. The summed E-state index contributed by atoms with van der Waals surface area (Å²) in [5.74, 6) is 0.599. The highest BCUT2D eigenvalue weighted by atomic mass is 79.9. The first-order valence-corrected chi connectivity index (χ1v) is 5.33. The molecule has 0 saturated carbocycles. The molecule has 0 aliphatic carbocycles. The predicted molar refractivity (Wildman–Crippen MR) is 59.8 cm³/mol. The lowest BCUT2D eigenvalue weighted by atomic mass is 10.3. The molecule has 5 nitrogen and oxygen atoms in total. The molecule has 0 atom stereocenters. The van der Waals surface area contributed by atoms with Gasteiger partial charge in [0, 0.05) is 19.2 Å². The topological polar surface area (TPSA) is 75.1 Å². The van der Waals surface area contributed by atoms with Gasteiger partial charge in [0.2, 0.25) is 0 Å². The van der Waals surface area contributed by atoms with Crippen LogP contribution in [0.15, 0.2) is 10.7 Å². The number of carbonyl (C=O) groups is 1. The first-order valence-electron chi connectivity index (χ1n) is 4.54. The van der Waals surface area contributed by atoms with Crippen LogP contribution in [0.25, 0.3) is 0 Å². The van der Waals surface area contributed by atoms with Crippen molar-refractivity contribution in [3.63, 3.8) is 0 Å². The minimum atomic E-state index is -0.783.